The van der Waals surface area contributed by atoms with Crippen molar-refractivity contribution in [2.45, 2.75) is 30.7 Å². The molecule has 8 nitrogen and oxygen atoms in total. The van der Waals surface area contributed by atoms with Crippen LogP contribution in [0.25, 0.3) is 0 Å². The molecule has 1 aliphatic rings. The molecule has 1 amide bonds. The molecule has 2 rings (SSSR count). The molecule has 1 saturated heterocycles. The van der Waals surface area contributed by atoms with Crippen molar-refractivity contribution in [3.8, 4) is 0 Å². The first kappa shape index (κ1) is 19.8. The molecule has 0 spiro atoms. The Kier molecular flexibility index (Phi) is 6.94. The van der Waals surface area contributed by atoms with E-state index in [2.05, 4.69) is 5.32 Å². The summed E-state index contributed by atoms with van der Waals surface area (Å²) in [6.45, 7) is 2.51. The van der Waals surface area contributed by atoms with E-state index < -0.39 is 28.5 Å². The molecule has 1 aromatic heterocycles. The number of amides is 1. The average molecular weight is 390 g/mol. The number of ether oxygens (including phenoxy) is 2. The lowest BCUT2D eigenvalue weighted by Crippen LogP contribution is -2.38. The summed E-state index contributed by atoms with van der Waals surface area (Å²) in [4.78, 5) is 23.9. The van der Waals surface area contributed by atoms with Crippen LogP contribution in [0.3, 0.4) is 0 Å². The smallest absolute Gasteiger partial charge is 0.350 e. The van der Waals surface area contributed by atoms with Gasteiger partial charge in [0.05, 0.1) is 6.61 Å². The van der Waals surface area contributed by atoms with Gasteiger partial charge in [-0.1, -0.05) is 0 Å². The number of nitrogens with zero attached hydrogens (tertiary/aromatic N) is 1. The SMILES string of the molecule is COCC(C)NC(=O)COC(=O)c1sccc1S(=O)(=O)N1CCCC1. The third-order valence-corrected chi connectivity index (χ3v) is 6.62. The lowest BCUT2D eigenvalue weighted by atomic mass is 10.3. The molecule has 0 radical (unpaired) electrons. The summed E-state index contributed by atoms with van der Waals surface area (Å²) in [7, 11) is -2.19. The summed E-state index contributed by atoms with van der Waals surface area (Å²) in [5.41, 5.74) is 0. The standard InChI is InChI=1S/C15H22N2O6S2/c1-11(9-22-2)16-13(18)10-23-15(19)14-12(5-8-24-14)25(20,21)17-6-3-4-7-17/h5,8,11H,3-4,6-7,9-10H2,1-2H3,(H,16,18). The molecule has 1 N–H and O–H groups in total. The number of hydrogen-bond acceptors (Lipinski definition) is 7. The molecule has 140 valence electrons. The molecule has 1 aromatic rings. The van der Waals surface area contributed by atoms with Crippen LogP contribution in [0.2, 0.25) is 0 Å². The van der Waals surface area contributed by atoms with Gasteiger partial charge < -0.3 is 14.8 Å². The normalized spacial score (nSPS) is 16.6. The summed E-state index contributed by atoms with van der Waals surface area (Å²) in [6, 6.07) is 1.18. The summed E-state index contributed by atoms with van der Waals surface area (Å²) in [5, 5.41) is 4.13. The van der Waals surface area contributed by atoms with E-state index in [0.29, 0.717) is 19.7 Å². The van der Waals surface area contributed by atoms with Gasteiger partial charge in [0, 0.05) is 26.2 Å². The van der Waals surface area contributed by atoms with Gasteiger partial charge in [0.1, 0.15) is 9.77 Å². The van der Waals surface area contributed by atoms with Crippen LogP contribution in [0, 0.1) is 0 Å². The highest BCUT2D eigenvalue weighted by Gasteiger charge is 2.32. The van der Waals surface area contributed by atoms with Gasteiger partial charge in [-0.15, -0.1) is 11.3 Å². The molecule has 0 bridgehead atoms. The van der Waals surface area contributed by atoms with Crippen molar-refractivity contribution in [2.24, 2.45) is 0 Å². The number of methoxy groups -OCH3 is 1. The van der Waals surface area contributed by atoms with E-state index in [1.807, 2.05) is 0 Å². The van der Waals surface area contributed by atoms with E-state index >= 15 is 0 Å². The van der Waals surface area contributed by atoms with E-state index in [1.165, 1.54) is 22.9 Å². The van der Waals surface area contributed by atoms with Crippen molar-refractivity contribution in [2.75, 3.05) is 33.4 Å². The van der Waals surface area contributed by atoms with Crippen LogP contribution < -0.4 is 5.32 Å². The Morgan fingerprint density at radius 1 is 1.36 bits per heavy atom. The second kappa shape index (κ2) is 8.75. The van der Waals surface area contributed by atoms with Crippen LogP contribution in [0.15, 0.2) is 16.3 Å². The zero-order chi connectivity index (χ0) is 18.4. The van der Waals surface area contributed by atoms with Crippen LogP contribution in [-0.4, -0.2) is 64.1 Å². The first-order valence-corrected chi connectivity index (χ1v) is 10.2. The fourth-order valence-electron chi connectivity index (χ4n) is 2.52. The maximum absolute atomic E-state index is 12.6. The van der Waals surface area contributed by atoms with Crippen LogP contribution in [-0.2, 0) is 24.3 Å². The topological polar surface area (TPSA) is 102 Å². The van der Waals surface area contributed by atoms with E-state index in [0.717, 1.165) is 24.2 Å². The Morgan fingerprint density at radius 3 is 2.68 bits per heavy atom. The van der Waals surface area contributed by atoms with Gasteiger partial charge in [-0.3, -0.25) is 4.79 Å². The molecule has 2 heterocycles. The first-order chi connectivity index (χ1) is 11.9. The van der Waals surface area contributed by atoms with E-state index in [1.54, 1.807) is 6.92 Å². The van der Waals surface area contributed by atoms with Gasteiger partial charge in [0.15, 0.2) is 6.61 Å². The molecule has 0 saturated carbocycles. The predicted octanol–water partition coefficient (Wildman–Crippen LogP) is 0.840. The molecular weight excluding hydrogens is 368 g/mol. The van der Waals surface area contributed by atoms with Crippen LogP contribution in [0.4, 0.5) is 0 Å². The average Bonchev–Trinajstić information content (AvgIpc) is 3.24. The van der Waals surface area contributed by atoms with Crippen molar-refractivity contribution in [3.05, 3.63) is 16.3 Å². The number of thiophene rings is 1. The number of sulfonamides is 1. The molecule has 0 aromatic carbocycles. The minimum absolute atomic E-state index is 0.00959. The minimum Gasteiger partial charge on any atom is -0.451 e. The molecule has 1 aliphatic heterocycles. The van der Waals surface area contributed by atoms with Crippen LogP contribution >= 0.6 is 11.3 Å². The van der Waals surface area contributed by atoms with Crippen molar-refractivity contribution in [3.63, 3.8) is 0 Å². The van der Waals surface area contributed by atoms with Gasteiger partial charge in [-0.2, -0.15) is 4.31 Å². The van der Waals surface area contributed by atoms with Gasteiger partial charge in [0.25, 0.3) is 5.91 Å². The monoisotopic (exact) mass is 390 g/mol. The number of carbonyl (C=O) groups is 2. The Balaban J connectivity index is 1.99. The highest BCUT2D eigenvalue weighted by molar-refractivity contribution is 7.89. The number of nitrogens with one attached hydrogen (secondary N) is 1. The second-order valence-electron chi connectivity index (χ2n) is 5.73. The van der Waals surface area contributed by atoms with E-state index in [-0.39, 0.29) is 15.8 Å². The number of carbonyl (C=O) groups excluding carboxylic acids is 2. The van der Waals surface area contributed by atoms with Crippen LogP contribution in [0.5, 0.6) is 0 Å². The van der Waals surface area contributed by atoms with E-state index in [4.69, 9.17) is 9.47 Å². The third-order valence-electron chi connectivity index (χ3n) is 3.66. The minimum atomic E-state index is -3.71. The highest BCUT2D eigenvalue weighted by atomic mass is 32.2. The maximum atomic E-state index is 12.6. The van der Waals surface area contributed by atoms with Crippen molar-refractivity contribution >= 4 is 33.2 Å². The van der Waals surface area contributed by atoms with E-state index in [9.17, 15) is 18.0 Å². The largest absolute Gasteiger partial charge is 0.451 e. The van der Waals surface area contributed by atoms with Crippen molar-refractivity contribution in [1.82, 2.24) is 9.62 Å². The predicted molar refractivity (Wildman–Crippen MR) is 92.1 cm³/mol. The highest BCUT2D eigenvalue weighted by Crippen LogP contribution is 2.28. The van der Waals surface area contributed by atoms with Crippen LogP contribution in [0.1, 0.15) is 29.4 Å². The third kappa shape index (κ3) is 5.00. The zero-order valence-electron chi connectivity index (χ0n) is 14.2. The molecule has 1 atom stereocenters. The van der Waals surface area contributed by atoms with Gasteiger partial charge >= 0.3 is 5.97 Å². The summed E-state index contributed by atoms with van der Waals surface area (Å²) < 4.78 is 36.4. The number of hydrogen-bond donors (Lipinski definition) is 1. The Labute approximate surface area is 151 Å². The maximum Gasteiger partial charge on any atom is 0.350 e. The fraction of sp³-hybridized carbons (Fsp3) is 0.600. The fourth-order valence-corrected chi connectivity index (χ4v) is 5.32. The Morgan fingerprint density at radius 2 is 2.04 bits per heavy atom. The van der Waals surface area contributed by atoms with Crippen molar-refractivity contribution < 1.29 is 27.5 Å². The Hall–Kier alpha value is -1.49. The summed E-state index contributed by atoms with van der Waals surface area (Å²) in [6.07, 6.45) is 1.62. The summed E-state index contributed by atoms with van der Waals surface area (Å²) >= 11 is 0.985. The second-order valence-corrected chi connectivity index (χ2v) is 8.55. The quantitative estimate of drug-likeness (QED) is 0.660. The van der Waals surface area contributed by atoms with Gasteiger partial charge in [-0.05, 0) is 31.2 Å². The molecular formula is C15H22N2O6S2. The number of esters is 1. The summed E-state index contributed by atoms with van der Waals surface area (Å²) in [5.74, 6) is -1.29. The van der Waals surface area contributed by atoms with Gasteiger partial charge in [0.2, 0.25) is 10.0 Å². The molecule has 10 heteroatoms. The Bertz CT molecular complexity index is 709. The number of rotatable bonds is 8. The zero-order valence-corrected chi connectivity index (χ0v) is 15.8. The molecule has 1 fully saturated rings. The van der Waals surface area contributed by atoms with Crippen molar-refractivity contribution in [1.29, 1.82) is 0 Å². The molecule has 25 heavy (non-hydrogen) atoms. The lowest BCUT2D eigenvalue weighted by Gasteiger charge is -2.15. The lowest BCUT2D eigenvalue weighted by molar-refractivity contribution is -0.125. The first-order valence-electron chi connectivity index (χ1n) is 7.89. The molecule has 0 aliphatic carbocycles. The van der Waals surface area contributed by atoms with Gasteiger partial charge in [-0.25, -0.2) is 13.2 Å². The molecule has 1 unspecified atom stereocenters.